The van der Waals surface area contributed by atoms with Gasteiger partial charge in [-0.1, -0.05) is 12.1 Å². The Morgan fingerprint density at radius 3 is 2.50 bits per heavy atom. The van der Waals surface area contributed by atoms with Gasteiger partial charge in [-0.2, -0.15) is 0 Å². The first kappa shape index (κ1) is 17.7. The second-order valence-electron chi connectivity index (χ2n) is 4.94. The predicted octanol–water partition coefficient (Wildman–Crippen LogP) is 1.55. The highest BCUT2D eigenvalue weighted by molar-refractivity contribution is 7.80. The van der Waals surface area contributed by atoms with Crippen LogP contribution in [-0.2, 0) is 9.59 Å². The fourth-order valence-corrected chi connectivity index (χ4v) is 1.92. The van der Waals surface area contributed by atoms with E-state index in [-0.39, 0.29) is 11.7 Å². The Kier molecular flexibility index (Phi) is 6.11. The Hall–Kier alpha value is -2.35. The van der Waals surface area contributed by atoms with Crippen LogP contribution in [0.3, 0.4) is 0 Å². The average molecular weight is 326 g/mol. The number of rotatable bonds is 7. The first-order valence-electron chi connectivity index (χ1n) is 6.41. The molecule has 0 fully saturated rings. The minimum absolute atomic E-state index is 0.115. The minimum atomic E-state index is -1.46. The largest absolute Gasteiger partial charge is 0.495 e. The number of para-hydroxylation sites is 2. The molecule has 1 unspecified atom stereocenters. The molecule has 0 amide bonds. The second kappa shape index (κ2) is 7.60. The number of carbonyl (C=O) groups is 2. The molecule has 7 nitrogen and oxygen atoms in total. The number of carboxylic acid groups (broad SMARTS) is 2. The summed E-state index contributed by atoms with van der Waals surface area (Å²) in [6.07, 6.45) is -0.507. The third-order valence-electron chi connectivity index (χ3n) is 3.05. The van der Waals surface area contributed by atoms with Crippen LogP contribution in [0.4, 0.5) is 5.69 Å². The van der Waals surface area contributed by atoms with Gasteiger partial charge in [0.25, 0.3) is 0 Å². The highest BCUT2D eigenvalue weighted by Crippen LogP contribution is 2.23. The average Bonchev–Trinajstić information content (AvgIpc) is 2.45. The maximum atomic E-state index is 11.2. The van der Waals surface area contributed by atoms with Crippen LogP contribution in [-0.4, -0.2) is 40.9 Å². The molecule has 0 saturated heterocycles. The molecule has 0 spiro atoms. The van der Waals surface area contributed by atoms with Crippen molar-refractivity contribution < 1.29 is 24.5 Å². The number of nitrogens with one attached hydrogen (secondary N) is 2. The van der Waals surface area contributed by atoms with Crippen molar-refractivity contribution in [1.29, 1.82) is 0 Å². The van der Waals surface area contributed by atoms with Crippen molar-refractivity contribution in [3.05, 3.63) is 24.3 Å². The molecule has 0 aliphatic rings. The zero-order valence-corrected chi connectivity index (χ0v) is 13.1. The first-order valence-corrected chi connectivity index (χ1v) is 6.82. The molecule has 4 N–H and O–H groups in total. The van der Waals surface area contributed by atoms with Crippen molar-refractivity contribution in [3.63, 3.8) is 0 Å². The van der Waals surface area contributed by atoms with Crippen molar-refractivity contribution in [3.8, 4) is 5.75 Å². The number of benzene rings is 1. The fourth-order valence-electron chi connectivity index (χ4n) is 1.74. The Morgan fingerprint density at radius 2 is 1.95 bits per heavy atom. The minimum Gasteiger partial charge on any atom is -0.495 e. The Morgan fingerprint density at radius 1 is 1.32 bits per heavy atom. The highest BCUT2D eigenvalue weighted by Gasteiger charge is 2.35. The van der Waals surface area contributed by atoms with Crippen molar-refractivity contribution in [2.24, 2.45) is 5.41 Å². The van der Waals surface area contributed by atoms with E-state index >= 15 is 0 Å². The van der Waals surface area contributed by atoms with Crippen LogP contribution in [0.5, 0.6) is 5.75 Å². The molecule has 0 heterocycles. The molecular formula is C14H18N2O5S. The molecular weight excluding hydrogens is 308 g/mol. The van der Waals surface area contributed by atoms with Gasteiger partial charge in [0.1, 0.15) is 5.75 Å². The molecule has 0 bridgehead atoms. The van der Waals surface area contributed by atoms with E-state index in [9.17, 15) is 14.7 Å². The van der Waals surface area contributed by atoms with Gasteiger partial charge in [-0.3, -0.25) is 9.59 Å². The number of hydrogen-bond acceptors (Lipinski definition) is 4. The molecule has 0 aliphatic carbocycles. The zero-order chi connectivity index (χ0) is 16.8. The van der Waals surface area contributed by atoms with Gasteiger partial charge in [0.15, 0.2) is 5.11 Å². The molecule has 1 aromatic rings. The standard InChI is InChI=1S/C14H18N2O5S/c1-14(12(19)20,7-11(17)18)8-15-13(22)16-9-5-3-4-6-10(9)21-2/h3-6H,7-8H2,1-2H3,(H,17,18)(H,19,20)(H2,15,16,22). The maximum absolute atomic E-state index is 11.2. The molecule has 1 rings (SSSR count). The molecule has 1 aromatic carbocycles. The third-order valence-corrected chi connectivity index (χ3v) is 3.30. The summed E-state index contributed by atoms with van der Waals surface area (Å²) in [5, 5.41) is 23.8. The van der Waals surface area contributed by atoms with E-state index in [0.29, 0.717) is 11.4 Å². The summed E-state index contributed by atoms with van der Waals surface area (Å²) in [7, 11) is 1.52. The summed E-state index contributed by atoms with van der Waals surface area (Å²) in [6, 6.07) is 7.09. The van der Waals surface area contributed by atoms with Crippen LogP contribution in [0, 0.1) is 5.41 Å². The van der Waals surface area contributed by atoms with E-state index in [0.717, 1.165) is 0 Å². The lowest BCUT2D eigenvalue weighted by Gasteiger charge is -2.24. The lowest BCUT2D eigenvalue weighted by molar-refractivity contribution is -0.154. The number of anilines is 1. The summed E-state index contributed by atoms with van der Waals surface area (Å²) in [6.45, 7) is 1.23. The van der Waals surface area contributed by atoms with Crippen molar-refractivity contribution in [1.82, 2.24) is 5.32 Å². The van der Waals surface area contributed by atoms with Gasteiger partial charge >= 0.3 is 11.9 Å². The van der Waals surface area contributed by atoms with E-state index < -0.39 is 23.8 Å². The Balaban J connectivity index is 2.68. The van der Waals surface area contributed by atoms with E-state index in [4.69, 9.17) is 22.1 Å². The summed E-state index contributed by atoms with van der Waals surface area (Å²) in [5.74, 6) is -1.81. The quantitative estimate of drug-likeness (QED) is 0.559. The Labute approximate surface area is 133 Å². The number of hydrogen-bond donors (Lipinski definition) is 4. The van der Waals surface area contributed by atoms with Gasteiger partial charge in [0.2, 0.25) is 0 Å². The van der Waals surface area contributed by atoms with Gasteiger partial charge in [-0.25, -0.2) is 0 Å². The third kappa shape index (κ3) is 4.88. The van der Waals surface area contributed by atoms with Crippen LogP contribution in [0.2, 0.25) is 0 Å². The number of methoxy groups -OCH3 is 1. The van der Waals surface area contributed by atoms with Gasteiger partial charge in [0, 0.05) is 6.54 Å². The van der Waals surface area contributed by atoms with Gasteiger partial charge in [0.05, 0.1) is 24.6 Å². The normalized spacial score (nSPS) is 12.8. The van der Waals surface area contributed by atoms with Crippen LogP contribution >= 0.6 is 12.2 Å². The van der Waals surface area contributed by atoms with E-state index in [1.54, 1.807) is 24.3 Å². The smallest absolute Gasteiger partial charge is 0.311 e. The SMILES string of the molecule is COc1ccccc1NC(=S)NCC(C)(CC(=O)O)C(=O)O. The molecule has 1 atom stereocenters. The van der Waals surface area contributed by atoms with Crippen molar-refractivity contribution >= 4 is 35.0 Å². The van der Waals surface area contributed by atoms with Crippen molar-refractivity contribution in [2.75, 3.05) is 19.0 Å². The number of carboxylic acids is 2. The van der Waals surface area contributed by atoms with Gasteiger partial charge in [-0.05, 0) is 31.3 Å². The summed E-state index contributed by atoms with van der Waals surface area (Å²) in [4.78, 5) is 22.0. The lowest BCUT2D eigenvalue weighted by Crippen LogP contribution is -2.43. The van der Waals surface area contributed by atoms with Crippen LogP contribution in [0.1, 0.15) is 13.3 Å². The number of thiocarbonyl (C=S) groups is 1. The molecule has 0 radical (unpaired) electrons. The fraction of sp³-hybridized carbons (Fsp3) is 0.357. The van der Waals surface area contributed by atoms with E-state index in [1.165, 1.54) is 14.0 Å². The molecule has 8 heteroatoms. The van der Waals surface area contributed by atoms with Gasteiger partial charge in [-0.15, -0.1) is 0 Å². The lowest BCUT2D eigenvalue weighted by atomic mass is 9.87. The first-order chi connectivity index (χ1) is 10.3. The monoisotopic (exact) mass is 326 g/mol. The number of aliphatic carboxylic acids is 2. The van der Waals surface area contributed by atoms with Gasteiger partial charge < -0.3 is 25.6 Å². The van der Waals surface area contributed by atoms with Crippen LogP contribution in [0.15, 0.2) is 24.3 Å². The topological polar surface area (TPSA) is 108 Å². The second-order valence-corrected chi connectivity index (χ2v) is 5.35. The summed E-state index contributed by atoms with van der Waals surface area (Å²) >= 11 is 5.09. The maximum Gasteiger partial charge on any atom is 0.311 e. The zero-order valence-electron chi connectivity index (χ0n) is 12.3. The van der Waals surface area contributed by atoms with E-state index in [2.05, 4.69) is 10.6 Å². The summed E-state index contributed by atoms with van der Waals surface area (Å²) < 4.78 is 5.16. The molecule has 0 aliphatic heterocycles. The molecule has 22 heavy (non-hydrogen) atoms. The Bertz CT molecular complexity index is 578. The highest BCUT2D eigenvalue weighted by atomic mass is 32.1. The van der Waals surface area contributed by atoms with E-state index in [1.807, 2.05) is 0 Å². The van der Waals surface area contributed by atoms with Crippen molar-refractivity contribution in [2.45, 2.75) is 13.3 Å². The number of ether oxygens (including phenoxy) is 1. The molecule has 120 valence electrons. The van der Waals surface area contributed by atoms with Crippen LogP contribution in [0.25, 0.3) is 0 Å². The predicted molar refractivity (Wildman–Crippen MR) is 85.2 cm³/mol. The molecule has 0 aromatic heterocycles. The molecule has 0 saturated carbocycles. The summed E-state index contributed by atoms with van der Waals surface area (Å²) in [5.41, 5.74) is -0.837. The van der Waals surface area contributed by atoms with Crippen LogP contribution < -0.4 is 15.4 Å².